The van der Waals surface area contributed by atoms with E-state index in [9.17, 15) is 19.5 Å². The molecule has 0 unspecified atom stereocenters. The molecule has 0 amide bonds. The minimum absolute atomic E-state index is 0.0986. The second-order valence-corrected chi connectivity index (χ2v) is 5.62. The van der Waals surface area contributed by atoms with E-state index in [0.29, 0.717) is 5.56 Å². The van der Waals surface area contributed by atoms with Crippen LogP contribution in [0.1, 0.15) is 15.9 Å². The van der Waals surface area contributed by atoms with Crippen molar-refractivity contribution >= 4 is 17.7 Å². The molecular weight excluding hydrogens is 346 g/mol. The minimum atomic E-state index is -2.47. The van der Waals surface area contributed by atoms with E-state index in [-0.39, 0.29) is 28.5 Å². The van der Waals surface area contributed by atoms with Crippen molar-refractivity contribution in [2.24, 2.45) is 5.73 Å². The summed E-state index contributed by atoms with van der Waals surface area (Å²) >= 11 is 0. The summed E-state index contributed by atoms with van der Waals surface area (Å²) in [6, 6.07) is 2.75. The molecule has 0 saturated carbocycles. The molecule has 0 aromatic heterocycles. The fourth-order valence-corrected chi connectivity index (χ4v) is 2.81. The van der Waals surface area contributed by atoms with Crippen LogP contribution in [-0.2, 0) is 23.8 Å². The van der Waals surface area contributed by atoms with Crippen LogP contribution in [0, 0.1) is 6.92 Å². The summed E-state index contributed by atoms with van der Waals surface area (Å²) in [7, 11) is 2.32. The summed E-state index contributed by atoms with van der Waals surface area (Å²) in [5.74, 6) is -6.07. The monoisotopic (exact) mass is 361 g/mol. The third-order valence-electron chi connectivity index (χ3n) is 3.98. The molecule has 136 valence electrons. The van der Waals surface area contributed by atoms with Crippen molar-refractivity contribution in [3.05, 3.63) is 46.4 Å². The van der Waals surface area contributed by atoms with E-state index in [1.807, 2.05) is 0 Å². The second kappa shape index (κ2) is 5.80. The molecule has 1 aliphatic carbocycles. The first-order valence-electron chi connectivity index (χ1n) is 7.40. The maximum absolute atomic E-state index is 12.7. The van der Waals surface area contributed by atoms with Crippen LogP contribution in [0.2, 0.25) is 0 Å². The molecule has 3 N–H and O–H groups in total. The van der Waals surface area contributed by atoms with Crippen LogP contribution in [0.3, 0.4) is 0 Å². The topological polar surface area (TPSA) is 134 Å². The molecule has 9 heteroatoms. The van der Waals surface area contributed by atoms with Crippen LogP contribution in [0.15, 0.2) is 35.2 Å². The summed E-state index contributed by atoms with van der Waals surface area (Å²) in [6.45, 7) is 1.65. The predicted octanol–water partition coefficient (Wildman–Crippen LogP) is 0.445. The smallest absolute Gasteiger partial charge is 0.355 e. The van der Waals surface area contributed by atoms with E-state index in [2.05, 4.69) is 4.74 Å². The first kappa shape index (κ1) is 17.3. The Hall–Kier alpha value is -3.49. The highest BCUT2D eigenvalue weighted by Crippen LogP contribution is 2.43. The van der Waals surface area contributed by atoms with Crippen LogP contribution in [0.4, 0.5) is 0 Å². The Labute approximate surface area is 147 Å². The lowest BCUT2D eigenvalue weighted by molar-refractivity contribution is -0.169. The predicted molar refractivity (Wildman–Crippen MR) is 84.9 cm³/mol. The first-order chi connectivity index (χ1) is 12.2. The van der Waals surface area contributed by atoms with Gasteiger partial charge in [-0.25, -0.2) is 9.59 Å². The summed E-state index contributed by atoms with van der Waals surface area (Å²) in [4.78, 5) is 37.5. The number of benzene rings is 1. The number of fused-ring (bicyclic) bond motifs is 1. The fraction of sp³-hybridized carbons (Fsp3) is 0.235. The Kier molecular flexibility index (Phi) is 3.87. The van der Waals surface area contributed by atoms with Gasteiger partial charge < -0.3 is 29.8 Å². The standard InChI is InChI=1S/C17H15NO8/c1-7-4-8(19)12-9(5-7)25-17(26-15(12)21)11(20)6-10(23-2)14(18)13(17)16(22)24-3/h4-6,19H,18H2,1-3H3/t17-/m0/s1. The van der Waals surface area contributed by atoms with Gasteiger partial charge in [0, 0.05) is 6.08 Å². The van der Waals surface area contributed by atoms with Gasteiger partial charge in [-0.2, -0.15) is 0 Å². The largest absolute Gasteiger partial charge is 0.507 e. The lowest BCUT2D eigenvalue weighted by Gasteiger charge is -2.38. The van der Waals surface area contributed by atoms with Crippen molar-refractivity contribution in [2.75, 3.05) is 14.2 Å². The third-order valence-corrected chi connectivity index (χ3v) is 3.98. The van der Waals surface area contributed by atoms with Gasteiger partial charge in [0.1, 0.15) is 22.8 Å². The molecule has 1 heterocycles. The molecule has 0 bridgehead atoms. The lowest BCUT2D eigenvalue weighted by Crippen LogP contribution is -2.56. The van der Waals surface area contributed by atoms with Gasteiger partial charge in [0.05, 0.1) is 19.9 Å². The Morgan fingerprint density at radius 1 is 1.23 bits per heavy atom. The number of phenols is 1. The molecule has 1 atom stereocenters. The van der Waals surface area contributed by atoms with E-state index < -0.39 is 29.1 Å². The number of aryl methyl sites for hydroxylation is 1. The summed E-state index contributed by atoms with van der Waals surface area (Å²) in [5, 5.41) is 9.99. The van der Waals surface area contributed by atoms with Crippen molar-refractivity contribution in [3.63, 3.8) is 0 Å². The van der Waals surface area contributed by atoms with Crippen molar-refractivity contribution in [1.29, 1.82) is 0 Å². The Bertz CT molecular complexity index is 914. The summed E-state index contributed by atoms with van der Waals surface area (Å²) in [6.07, 6.45) is 0.954. The summed E-state index contributed by atoms with van der Waals surface area (Å²) < 4.78 is 20.4. The number of ether oxygens (including phenoxy) is 4. The molecule has 1 aliphatic heterocycles. The molecule has 1 aromatic carbocycles. The number of rotatable bonds is 2. The average Bonchev–Trinajstić information content (AvgIpc) is 2.57. The van der Waals surface area contributed by atoms with E-state index in [0.717, 1.165) is 13.2 Å². The number of ketones is 1. The Balaban J connectivity index is 2.26. The Morgan fingerprint density at radius 3 is 2.54 bits per heavy atom. The van der Waals surface area contributed by atoms with Crippen molar-refractivity contribution in [2.45, 2.75) is 12.7 Å². The molecule has 2 aliphatic rings. The van der Waals surface area contributed by atoms with E-state index >= 15 is 0 Å². The molecule has 1 spiro atoms. The molecule has 9 nitrogen and oxygen atoms in total. The molecule has 1 aromatic rings. The van der Waals surface area contributed by atoms with Gasteiger partial charge in [-0.1, -0.05) is 0 Å². The quantitative estimate of drug-likeness (QED) is 0.720. The van der Waals surface area contributed by atoms with Crippen LogP contribution in [-0.4, -0.2) is 42.8 Å². The van der Waals surface area contributed by atoms with Gasteiger partial charge in [0.2, 0.25) is 5.78 Å². The number of aromatic hydroxyl groups is 1. The Morgan fingerprint density at radius 2 is 1.92 bits per heavy atom. The lowest BCUT2D eigenvalue weighted by atomic mass is 9.91. The highest BCUT2D eigenvalue weighted by molar-refractivity contribution is 6.12. The van der Waals surface area contributed by atoms with E-state index in [4.69, 9.17) is 19.9 Å². The molecule has 3 rings (SSSR count). The van der Waals surface area contributed by atoms with Crippen LogP contribution >= 0.6 is 0 Å². The van der Waals surface area contributed by atoms with Gasteiger partial charge in [0.25, 0.3) is 0 Å². The van der Waals surface area contributed by atoms with E-state index in [1.165, 1.54) is 19.2 Å². The van der Waals surface area contributed by atoms with Gasteiger partial charge in [-0.05, 0) is 24.6 Å². The molecule has 26 heavy (non-hydrogen) atoms. The molecule has 0 fully saturated rings. The number of carbonyl (C=O) groups excluding carboxylic acids is 3. The number of hydrogen-bond donors (Lipinski definition) is 2. The summed E-state index contributed by atoms with van der Waals surface area (Å²) in [5.41, 5.74) is 5.41. The van der Waals surface area contributed by atoms with Crippen LogP contribution < -0.4 is 10.5 Å². The molecular formula is C17H15NO8. The number of phenolic OH excluding ortho intramolecular Hbond substituents is 1. The van der Waals surface area contributed by atoms with Gasteiger partial charge in [-0.15, -0.1) is 0 Å². The number of esters is 2. The number of hydrogen-bond acceptors (Lipinski definition) is 9. The van der Waals surface area contributed by atoms with Gasteiger partial charge in [-0.3, -0.25) is 4.79 Å². The first-order valence-corrected chi connectivity index (χ1v) is 7.40. The van der Waals surface area contributed by atoms with Crippen molar-refractivity contribution < 1.29 is 38.4 Å². The highest BCUT2D eigenvalue weighted by atomic mass is 16.7. The fourth-order valence-electron chi connectivity index (χ4n) is 2.81. The number of nitrogens with two attached hydrogens (primary N) is 1. The zero-order valence-electron chi connectivity index (χ0n) is 14.1. The number of carbonyl (C=O) groups is 3. The van der Waals surface area contributed by atoms with Gasteiger partial charge >= 0.3 is 17.7 Å². The zero-order valence-corrected chi connectivity index (χ0v) is 14.1. The zero-order chi connectivity index (χ0) is 19.2. The highest BCUT2D eigenvalue weighted by Gasteiger charge is 2.58. The maximum atomic E-state index is 12.7. The third kappa shape index (κ3) is 2.28. The average molecular weight is 361 g/mol. The second-order valence-electron chi connectivity index (χ2n) is 5.62. The van der Waals surface area contributed by atoms with Crippen molar-refractivity contribution in [1.82, 2.24) is 0 Å². The molecule has 0 radical (unpaired) electrons. The van der Waals surface area contributed by atoms with Crippen LogP contribution in [0.5, 0.6) is 11.5 Å². The normalized spacial score (nSPS) is 21.6. The van der Waals surface area contributed by atoms with Gasteiger partial charge in [0.15, 0.2) is 5.57 Å². The van der Waals surface area contributed by atoms with Crippen molar-refractivity contribution in [3.8, 4) is 11.5 Å². The minimum Gasteiger partial charge on any atom is -0.507 e. The molecule has 0 saturated heterocycles. The van der Waals surface area contributed by atoms with Crippen LogP contribution in [0.25, 0.3) is 0 Å². The maximum Gasteiger partial charge on any atom is 0.355 e. The number of methoxy groups -OCH3 is 2. The van der Waals surface area contributed by atoms with E-state index in [1.54, 1.807) is 6.92 Å². The SMILES string of the molecule is COC(=O)C1=C(N)C(OC)=CC(=O)[C@]12OC(=O)c1c(O)cc(C)cc1O2.